The molecular formula is C18H15BrN2O2. The Morgan fingerprint density at radius 2 is 2.00 bits per heavy atom. The summed E-state index contributed by atoms with van der Waals surface area (Å²) in [6, 6.07) is 15.1. The average Bonchev–Trinajstić information content (AvgIpc) is 2.94. The summed E-state index contributed by atoms with van der Waals surface area (Å²) in [4.78, 5) is 15.7. The van der Waals surface area contributed by atoms with Crippen LogP contribution in [-0.2, 0) is 13.0 Å². The van der Waals surface area contributed by atoms with Crippen LogP contribution in [0.25, 0.3) is 0 Å². The Morgan fingerprint density at radius 3 is 2.78 bits per heavy atom. The third-order valence-corrected chi connectivity index (χ3v) is 4.13. The predicted octanol–water partition coefficient (Wildman–Crippen LogP) is 3.98. The van der Waals surface area contributed by atoms with Crippen LogP contribution in [0.2, 0.25) is 0 Å². The molecule has 0 saturated carbocycles. The van der Waals surface area contributed by atoms with Crippen molar-refractivity contribution in [1.29, 1.82) is 0 Å². The average molecular weight is 371 g/mol. The molecule has 3 aromatic rings. The molecule has 1 heterocycles. The number of rotatable bonds is 5. The van der Waals surface area contributed by atoms with Crippen molar-refractivity contribution in [3.8, 4) is 0 Å². The number of aromatic nitrogens is 2. The number of nitrogens with zero attached hydrogens (tertiary/aromatic N) is 2. The molecule has 0 atom stereocenters. The molecule has 1 N–H and O–H groups in total. The molecule has 0 aliphatic rings. The third-order valence-electron chi connectivity index (χ3n) is 3.64. The summed E-state index contributed by atoms with van der Waals surface area (Å²) in [5.41, 5.74) is 2.25. The Balaban J connectivity index is 1.86. The van der Waals surface area contributed by atoms with Crippen molar-refractivity contribution in [3.63, 3.8) is 0 Å². The molecule has 1 aromatic heterocycles. The Bertz CT molecular complexity index is 842. The molecule has 23 heavy (non-hydrogen) atoms. The Morgan fingerprint density at radius 1 is 1.17 bits per heavy atom. The van der Waals surface area contributed by atoms with Crippen LogP contribution < -0.4 is 0 Å². The van der Waals surface area contributed by atoms with Gasteiger partial charge in [-0.25, -0.2) is 9.78 Å². The van der Waals surface area contributed by atoms with E-state index in [1.807, 2.05) is 35.0 Å². The SMILES string of the molecule is O=C(O)c1ccccc1Cn1ccnc1Cc1cccc(Br)c1. The summed E-state index contributed by atoms with van der Waals surface area (Å²) in [5, 5.41) is 9.30. The van der Waals surface area contributed by atoms with Gasteiger partial charge in [-0.05, 0) is 29.3 Å². The molecule has 0 saturated heterocycles. The number of hydrogen-bond donors (Lipinski definition) is 1. The van der Waals surface area contributed by atoms with Crippen molar-refractivity contribution in [1.82, 2.24) is 9.55 Å². The molecule has 0 spiro atoms. The molecule has 0 unspecified atom stereocenters. The van der Waals surface area contributed by atoms with E-state index in [0.29, 0.717) is 18.5 Å². The lowest BCUT2D eigenvalue weighted by Gasteiger charge is -2.10. The van der Waals surface area contributed by atoms with Crippen molar-refractivity contribution in [2.24, 2.45) is 0 Å². The lowest BCUT2D eigenvalue weighted by Crippen LogP contribution is -2.09. The Hall–Kier alpha value is -2.40. The van der Waals surface area contributed by atoms with Gasteiger partial charge < -0.3 is 9.67 Å². The van der Waals surface area contributed by atoms with Crippen molar-refractivity contribution < 1.29 is 9.90 Å². The van der Waals surface area contributed by atoms with E-state index in [4.69, 9.17) is 0 Å². The molecule has 0 aliphatic carbocycles. The van der Waals surface area contributed by atoms with E-state index in [2.05, 4.69) is 33.0 Å². The number of halogens is 1. The van der Waals surface area contributed by atoms with Gasteiger partial charge in [0.15, 0.2) is 0 Å². The van der Waals surface area contributed by atoms with E-state index >= 15 is 0 Å². The van der Waals surface area contributed by atoms with Crippen molar-refractivity contribution >= 4 is 21.9 Å². The summed E-state index contributed by atoms with van der Waals surface area (Å²) >= 11 is 3.47. The fraction of sp³-hybridized carbons (Fsp3) is 0.111. The van der Waals surface area contributed by atoms with Crippen LogP contribution in [0.15, 0.2) is 65.4 Å². The summed E-state index contributed by atoms with van der Waals surface area (Å²) in [6.45, 7) is 0.492. The molecule has 2 aromatic carbocycles. The van der Waals surface area contributed by atoms with Crippen LogP contribution in [0.1, 0.15) is 27.3 Å². The summed E-state index contributed by atoms with van der Waals surface area (Å²) < 4.78 is 3.02. The fourth-order valence-corrected chi connectivity index (χ4v) is 2.98. The zero-order valence-electron chi connectivity index (χ0n) is 12.3. The second-order valence-electron chi connectivity index (χ2n) is 5.24. The van der Waals surface area contributed by atoms with Gasteiger partial charge in [-0.1, -0.05) is 46.3 Å². The normalized spacial score (nSPS) is 10.7. The Kier molecular flexibility index (Phi) is 4.57. The lowest BCUT2D eigenvalue weighted by molar-refractivity contribution is 0.0695. The number of carboxylic acid groups (broad SMARTS) is 1. The van der Waals surface area contributed by atoms with Gasteiger partial charge in [-0.3, -0.25) is 0 Å². The van der Waals surface area contributed by atoms with Gasteiger partial charge in [0.1, 0.15) is 5.82 Å². The maximum Gasteiger partial charge on any atom is 0.336 e. The molecule has 3 rings (SSSR count). The highest BCUT2D eigenvalue weighted by molar-refractivity contribution is 9.10. The highest BCUT2D eigenvalue weighted by Gasteiger charge is 2.11. The smallest absolute Gasteiger partial charge is 0.336 e. The fourth-order valence-electron chi connectivity index (χ4n) is 2.53. The minimum absolute atomic E-state index is 0.328. The lowest BCUT2D eigenvalue weighted by atomic mass is 10.1. The standard InChI is InChI=1S/C18H15BrN2O2/c19-15-6-3-4-13(10-15)11-17-20-8-9-21(17)12-14-5-1-2-7-16(14)18(22)23/h1-10H,11-12H2,(H,22,23). The number of benzene rings is 2. The van der Waals surface area contributed by atoms with Gasteiger partial charge in [0.05, 0.1) is 5.56 Å². The van der Waals surface area contributed by atoms with E-state index < -0.39 is 5.97 Å². The van der Waals surface area contributed by atoms with Gasteiger partial charge in [0, 0.05) is 29.8 Å². The number of carbonyl (C=O) groups is 1. The van der Waals surface area contributed by atoms with E-state index in [1.54, 1.807) is 18.3 Å². The number of hydrogen-bond acceptors (Lipinski definition) is 2. The van der Waals surface area contributed by atoms with Crippen LogP contribution in [0.3, 0.4) is 0 Å². The van der Waals surface area contributed by atoms with E-state index in [9.17, 15) is 9.90 Å². The maximum atomic E-state index is 11.3. The van der Waals surface area contributed by atoms with Gasteiger partial charge in [0.2, 0.25) is 0 Å². The topological polar surface area (TPSA) is 55.1 Å². The minimum atomic E-state index is -0.908. The van der Waals surface area contributed by atoms with Crippen LogP contribution in [0, 0.1) is 0 Å². The molecule has 4 nitrogen and oxygen atoms in total. The van der Waals surface area contributed by atoms with Gasteiger partial charge in [0.25, 0.3) is 0 Å². The molecule has 116 valence electrons. The quantitative estimate of drug-likeness (QED) is 0.738. The summed E-state index contributed by atoms with van der Waals surface area (Å²) in [7, 11) is 0. The van der Waals surface area contributed by atoms with Crippen LogP contribution >= 0.6 is 15.9 Å². The second-order valence-corrected chi connectivity index (χ2v) is 6.16. The first-order chi connectivity index (χ1) is 11.1. The van der Waals surface area contributed by atoms with Crippen molar-refractivity contribution in [2.45, 2.75) is 13.0 Å². The predicted molar refractivity (Wildman–Crippen MR) is 91.7 cm³/mol. The molecule has 0 radical (unpaired) electrons. The zero-order chi connectivity index (χ0) is 16.2. The van der Waals surface area contributed by atoms with Crippen LogP contribution in [0.4, 0.5) is 0 Å². The summed E-state index contributed by atoms with van der Waals surface area (Å²) in [6.07, 6.45) is 4.32. The zero-order valence-corrected chi connectivity index (χ0v) is 13.9. The first kappa shape index (κ1) is 15.5. The van der Waals surface area contributed by atoms with E-state index in [0.717, 1.165) is 21.4 Å². The minimum Gasteiger partial charge on any atom is -0.478 e. The number of aromatic carboxylic acids is 1. The largest absolute Gasteiger partial charge is 0.478 e. The van der Waals surface area contributed by atoms with E-state index in [1.165, 1.54) is 0 Å². The molecular weight excluding hydrogens is 356 g/mol. The first-order valence-corrected chi connectivity index (χ1v) is 7.98. The second kappa shape index (κ2) is 6.79. The maximum absolute atomic E-state index is 11.3. The molecule has 0 fully saturated rings. The van der Waals surface area contributed by atoms with Crippen LogP contribution in [0.5, 0.6) is 0 Å². The molecule has 0 aliphatic heterocycles. The van der Waals surface area contributed by atoms with Crippen molar-refractivity contribution in [2.75, 3.05) is 0 Å². The number of imidazole rings is 1. The van der Waals surface area contributed by atoms with E-state index in [-0.39, 0.29) is 0 Å². The first-order valence-electron chi connectivity index (χ1n) is 7.19. The highest BCUT2D eigenvalue weighted by atomic mass is 79.9. The summed E-state index contributed by atoms with van der Waals surface area (Å²) in [5.74, 6) is -0.00227. The molecule has 0 bridgehead atoms. The van der Waals surface area contributed by atoms with Gasteiger partial charge in [-0.15, -0.1) is 0 Å². The number of carboxylic acids is 1. The van der Waals surface area contributed by atoms with Gasteiger partial charge >= 0.3 is 5.97 Å². The third kappa shape index (κ3) is 3.68. The molecule has 5 heteroatoms. The highest BCUT2D eigenvalue weighted by Crippen LogP contribution is 2.16. The van der Waals surface area contributed by atoms with Crippen LogP contribution in [-0.4, -0.2) is 20.6 Å². The monoisotopic (exact) mass is 370 g/mol. The Labute approximate surface area is 142 Å². The molecule has 0 amide bonds. The van der Waals surface area contributed by atoms with Crippen molar-refractivity contribution in [3.05, 3.63) is 87.9 Å². The van der Waals surface area contributed by atoms with Gasteiger partial charge in [-0.2, -0.15) is 0 Å².